The molecule has 3 heteroatoms. The zero-order chi connectivity index (χ0) is 15.6. The van der Waals surface area contributed by atoms with Gasteiger partial charge in [-0.2, -0.15) is 0 Å². The summed E-state index contributed by atoms with van der Waals surface area (Å²) in [6.07, 6.45) is 2.34. The maximum atomic E-state index is 12.8. The molecular weight excluding hydrogens is 262 g/mol. The van der Waals surface area contributed by atoms with Crippen molar-refractivity contribution in [1.29, 1.82) is 0 Å². The van der Waals surface area contributed by atoms with Crippen LogP contribution in [0.3, 0.4) is 0 Å². The third-order valence-electron chi connectivity index (χ3n) is 4.37. The smallest absolute Gasteiger partial charge is 0.254 e. The van der Waals surface area contributed by atoms with Crippen LogP contribution in [0.5, 0.6) is 5.75 Å². The van der Waals surface area contributed by atoms with Gasteiger partial charge in [0.2, 0.25) is 0 Å². The lowest BCUT2D eigenvalue weighted by atomic mass is 9.94. The Morgan fingerprint density at radius 2 is 2.10 bits per heavy atom. The van der Waals surface area contributed by atoms with E-state index in [0.717, 1.165) is 42.0 Å². The van der Waals surface area contributed by atoms with Crippen LogP contribution < -0.4 is 4.74 Å². The zero-order valence-electron chi connectivity index (χ0n) is 13.9. The SMILES string of the molecule is COc1cc(C)c(C(=O)N2CCC[C@H](C)C2)cc1C(C)C. The highest BCUT2D eigenvalue weighted by atomic mass is 16.5. The van der Waals surface area contributed by atoms with Crippen LogP contribution in [0.2, 0.25) is 0 Å². The second kappa shape index (κ2) is 6.50. The van der Waals surface area contributed by atoms with E-state index in [1.54, 1.807) is 7.11 Å². The molecule has 116 valence electrons. The summed E-state index contributed by atoms with van der Waals surface area (Å²) < 4.78 is 5.46. The monoisotopic (exact) mass is 289 g/mol. The van der Waals surface area contributed by atoms with Gasteiger partial charge < -0.3 is 9.64 Å². The standard InChI is InChI=1S/C18H27NO2/c1-12(2)15-10-16(14(4)9-17(15)21-5)18(20)19-8-6-7-13(3)11-19/h9-10,12-13H,6-8,11H2,1-5H3/t13-/m0/s1. The summed E-state index contributed by atoms with van der Waals surface area (Å²) in [6.45, 7) is 10.2. The minimum Gasteiger partial charge on any atom is -0.496 e. The van der Waals surface area contributed by atoms with Crippen molar-refractivity contribution in [2.24, 2.45) is 5.92 Å². The topological polar surface area (TPSA) is 29.5 Å². The molecule has 0 aromatic heterocycles. The molecule has 1 aromatic carbocycles. The van der Waals surface area contributed by atoms with Gasteiger partial charge in [-0.1, -0.05) is 20.8 Å². The molecule has 0 N–H and O–H groups in total. The van der Waals surface area contributed by atoms with Crippen LogP contribution in [0.4, 0.5) is 0 Å². The number of ether oxygens (including phenoxy) is 1. The molecule has 1 saturated heterocycles. The molecule has 2 rings (SSSR count). The molecule has 1 atom stereocenters. The minimum absolute atomic E-state index is 0.170. The van der Waals surface area contributed by atoms with Gasteiger partial charge in [0.25, 0.3) is 5.91 Å². The lowest BCUT2D eigenvalue weighted by Crippen LogP contribution is -2.39. The number of methoxy groups -OCH3 is 1. The van der Waals surface area contributed by atoms with E-state index in [0.29, 0.717) is 11.8 Å². The molecule has 0 saturated carbocycles. The van der Waals surface area contributed by atoms with Gasteiger partial charge in [0, 0.05) is 18.7 Å². The fourth-order valence-corrected chi connectivity index (χ4v) is 3.10. The van der Waals surface area contributed by atoms with Crippen molar-refractivity contribution < 1.29 is 9.53 Å². The molecule has 1 heterocycles. The molecule has 1 aliphatic rings. The van der Waals surface area contributed by atoms with Crippen molar-refractivity contribution in [2.45, 2.75) is 46.5 Å². The number of hydrogen-bond acceptors (Lipinski definition) is 2. The van der Waals surface area contributed by atoms with Crippen LogP contribution >= 0.6 is 0 Å². The lowest BCUT2D eigenvalue weighted by Gasteiger charge is -2.31. The summed E-state index contributed by atoms with van der Waals surface area (Å²) in [7, 11) is 1.69. The van der Waals surface area contributed by atoms with Crippen molar-refractivity contribution >= 4 is 5.91 Å². The average molecular weight is 289 g/mol. The van der Waals surface area contributed by atoms with Gasteiger partial charge in [-0.15, -0.1) is 0 Å². The number of benzene rings is 1. The van der Waals surface area contributed by atoms with Gasteiger partial charge in [-0.25, -0.2) is 0 Å². The molecule has 1 fully saturated rings. The van der Waals surface area contributed by atoms with Crippen molar-refractivity contribution in [3.05, 3.63) is 28.8 Å². The second-order valence-corrected chi connectivity index (χ2v) is 6.56. The van der Waals surface area contributed by atoms with E-state index < -0.39 is 0 Å². The molecule has 1 aliphatic heterocycles. The lowest BCUT2D eigenvalue weighted by molar-refractivity contribution is 0.0682. The summed E-state index contributed by atoms with van der Waals surface area (Å²) in [5.41, 5.74) is 2.93. The fraction of sp³-hybridized carbons (Fsp3) is 0.611. The Labute approximate surface area is 128 Å². The minimum atomic E-state index is 0.170. The first-order valence-electron chi connectivity index (χ1n) is 7.91. The number of aryl methyl sites for hydroxylation is 1. The molecule has 1 amide bonds. The fourth-order valence-electron chi connectivity index (χ4n) is 3.10. The highest BCUT2D eigenvalue weighted by Gasteiger charge is 2.24. The van der Waals surface area contributed by atoms with Gasteiger partial charge in [0.05, 0.1) is 7.11 Å². The summed E-state index contributed by atoms with van der Waals surface area (Å²) >= 11 is 0. The average Bonchev–Trinajstić information content (AvgIpc) is 2.45. The van der Waals surface area contributed by atoms with Crippen molar-refractivity contribution in [1.82, 2.24) is 4.90 Å². The number of piperidine rings is 1. The van der Waals surface area contributed by atoms with Gasteiger partial charge >= 0.3 is 0 Å². The van der Waals surface area contributed by atoms with Gasteiger partial charge in [0.1, 0.15) is 5.75 Å². The maximum absolute atomic E-state index is 12.8. The number of hydrogen-bond donors (Lipinski definition) is 0. The first-order chi connectivity index (χ1) is 9.93. The Balaban J connectivity index is 2.34. The van der Waals surface area contributed by atoms with Gasteiger partial charge in [0.15, 0.2) is 0 Å². The van der Waals surface area contributed by atoms with Crippen molar-refractivity contribution in [3.63, 3.8) is 0 Å². The molecule has 0 spiro atoms. The molecule has 0 aliphatic carbocycles. The molecule has 21 heavy (non-hydrogen) atoms. The number of nitrogens with zero attached hydrogens (tertiary/aromatic N) is 1. The van der Waals surface area contributed by atoms with Crippen LogP contribution in [-0.4, -0.2) is 31.0 Å². The normalized spacial score (nSPS) is 19.0. The molecule has 0 unspecified atom stereocenters. The number of carbonyl (C=O) groups excluding carboxylic acids is 1. The molecule has 1 aromatic rings. The van der Waals surface area contributed by atoms with Crippen molar-refractivity contribution in [3.8, 4) is 5.75 Å². The molecule has 0 bridgehead atoms. The predicted octanol–water partition coefficient (Wildman–Crippen LogP) is 4.00. The van der Waals surface area contributed by atoms with Crippen LogP contribution in [-0.2, 0) is 0 Å². The first kappa shape index (κ1) is 15.9. The Bertz CT molecular complexity index is 522. The van der Waals surface area contributed by atoms with Crippen molar-refractivity contribution in [2.75, 3.05) is 20.2 Å². The highest BCUT2D eigenvalue weighted by Crippen LogP contribution is 2.30. The van der Waals surface area contributed by atoms with E-state index in [1.165, 1.54) is 6.42 Å². The summed E-state index contributed by atoms with van der Waals surface area (Å²) in [5, 5.41) is 0. The summed E-state index contributed by atoms with van der Waals surface area (Å²) in [5.74, 6) is 1.99. The Hall–Kier alpha value is -1.51. The van der Waals surface area contributed by atoms with Crippen LogP contribution in [0.25, 0.3) is 0 Å². The third kappa shape index (κ3) is 3.39. The number of rotatable bonds is 3. The van der Waals surface area contributed by atoms with Gasteiger partial charge in [-0.05, 0) is 54.9 Å². The van der Waals surface area contributed by atoms with E-state index in [9.17, 15) is 4.79 Å². The van der Waals surface area contributed by atoms with Gasteiger partial charge in [-0.3, -0.25) is 4.79 Å². The van der Waals surface area contributed by atoms with Crippen LogP contribution in [0.15, 0.2) is 12.1 Å². The number of carbonyl (C=O) groups is 1. The van der Waals surface area contributed by atoms with E-state index >= 15 is 0 Å². The second-order valence-electron chi connectivity index (χ2n) is 6.56. The Kier molecular flexibility index (Phi) is 4.92. The van der Waals surface area contributed by atoms with E-state index in [1.807, 2.05) is 24.0 Å². The Morgan fingerprint density at radius 1 is 1.38 bits per heavy atom. The van der Waals surface area contributed by atoms with E-state index in [4.69, 9.17) is 4.74 Å². The summed E-state index contributed by atoms with van der Waals surface area (Å²) in [6, 6.07) is 4.02. The summed E-state index contributed by atoms with van der Waals surface area (Å²) in [4.78, 5) is 14.8. The third-order valence-corrected chi connectivity index (χ3v) is 4.37. The van der Waals surface area contributed by atoms with Crippen LogP contribution in [0, 0.1) is 12.8 Å². The zero-order valence-corrected chi connectivity index (χ0v) is 13.9. The highest BCUT2D eigenvalue weighted by molar-refractivity contribution is 5.96. The predicted molar refractivity (Wildman–Crippen MR) is 86.1 cm³/mol. The Morgan fingerprint density at radius 3 is 2.67 bits per heavy atom. The largest absolute Gasteiger partial charge is 0.496 e. The quantitative estimate of drug-likeness (QED) is 0.841. The molecular formula is C18H27NO2. The van der Waals surface area contributed by atoms with E-state index in [2.05, 4.69) is 20.8 Å². The molecule has 3 nitrogen and oxygen atoms in total. The number of likely N-dealkylation sites (tertiary alicyclic amines) is 1. The van der Waals surface area contributed by atoms with E-state index in [-0.39, 0.29) is 5.91 Å². The number of amides is 1. The first-order valence-corrected chi connectivity index (χ1v) is 7.91. The maximum Gasteiger partial charge on any atom is 0.254 e. The molecule has 0 radical (unpaired) electrons. The van der Waals surface area contributed by atoms with Crippen LogP contribution in [0.1, 0.15) is 61.0 Å².